The first kappa shape index (κ1) is 51.8. The second-order valence-corrected chi connectivity index (χ2v) is 21.4. The molecule has 2 saturated heterocycles. The van der Waals surface area contributed by atoms with E-state index < -0.39 is 106 Å². The number of hydrogen-bond acceptors (Lipinski definition) is 25. The van der Waals surface area contributed by atoms with Crippen molar-refractivity contribution in [3.63, 3.8) is 0 Å². The second-order valence-electron chi connectivity index (χ2n) is 15.2. The Bertz CT molecular complexity index is 2900. The van der Waals surface area contributed by atoms with Crippen molar-refractivity contribution in [1.82, 2.24) is 39.0 Å². The summed E-state index contributed by atoms with van der Waals surface area (Å²) in [6.07, 6.45) is -9.35. The summed E-state index contributed by atoms with van der Waals surface area (Å²) in [7, 11) is -24.5. The molecule has 4 aromatic heterocycles. The molecule has 0 bridgehead atoms. The fourth-order valence-electron chi connectivity index (χ4n) is 7.29. The monoisotopic (exact) mass is 1070 g/mol. The molecule has 6 heterocycles. The molecule has 10 N–H and O–H groups in total. The number of nitrogen functional groups attached to an aromatic ring is 2. The minimum Gasteiger partial charge on any atom is -0.456 e. The van der Waals surface area contributed by atoms with E-state index in [2.05, 4.69) is 42.8 Å². The van der Waals surface area contributed by atoms with Crippen LogP contribution in [0.25, 0.3) is 22.3 Å². The molecule has 4 unspecified atom stereocenters. The number of phosphoric acid groups is 4. The van der Waals surface area contributed by atoms with Gasteiger partial charge in [-0.05, 0) is 11.1 Å². The molecule has 8 rings (SSSR count). The van der Waals surface area contributed by atoms with Crippen LogP contribution in [-0.2, 0) is 81.6 Å². The molecule has 0 radical (unpaired) electrons. The largest absolute Gasteiger partial charge is 0.490 e. The fraction of sp³-hybridized carbons (Fsp3) is 0.333. The third-order valence-corrected chi connectivity index (χ3v) is 16.2. The van der Waals surface area contributed by atoms with Crippen LogP contribution in [0.3, 0.4) is 0 Å². The third-order valence-electron chi connectivity index (χ3n) is 10.3. The van der Waals surface area contributed by atoms with Crippen LogP contribution < -0.4 is 11.5 Å². The summed E-state index contributed by atoms with van der Waals surface area (Å²) < 4.78 is 98.6. The van der Waals surface area contributed by atoms with Gasteiger partial charge in [-0.3, -0.25) is 27.8 Å². The van der Waals surface area contributed by atoms with Gasteiger partial charge in [0.1, 0.15) is 48.1 Å². The van der Waals surface area contributed by atoms with E-state index in [9.17, 15) is 57.6 Å². The number of ether oxygens (including phenoxy) is 4. The topological polar surface area (TPSA) is 446 Å². The summed E-state index contributed by atoms with van der Waals surface area (Å²) in [5.41, 5.74) is 13.0. The normalized spacial score (nSPS) is 25.8. The minimum atomic E-state index is -6.34. The average Bonchev–Trinajstić information content (AvgIpc) is 4.06. The highest BCUT2D eigenvalue weighted by atomic mass is 31.3. The Balaban J connectivity index is 0.909. The van der Waals surface area contributed by atoms with Crippen LogP contribution in [0.15, 0.2) is 86.0 Å². The zero-order valence-electron chi connectivity index (χ0n) is 35.9. The van der Waals surface area contributed by atoms with Gasteiger partial charge in [-0.25, -0.2) is 48.2 Å². The molecule has 2 aliphatic rings. The number of esters is 2. The highest BCUT2D eigenvalue weighted by Crippen LogP contribution is 2.71. The number of nitrogens with zero attached hydrogens (tertiary/aromatic N) is 8. The quantitative estimate of drug-likeness (QED) is 0.0392. The molecule has 31 nitrogen and oxygen atoms in total. The number of aliphatic hydroxyl groups excluding tert-OH is 2. The number of phosphoric ester groups is 2. The van der Waals surface area contributed by atoms with E-state index in [4.69, 9.17) is 39.5 Å². The van der Waals surface area contributed by atoms with Crippen molar-refractivity contribution < 1.29 is 98.6 Å². The lowest BCUT2D eigenvalue weighted by Gasteiger charge is -2.23. The maximum Gasteiger partial charge on any atom is 0.490 e. The third kappa shape index (κ3) is 12.4. The van der Waals surface area contributed by atoms with Crippen LogP contribution in [0.2, 0.25) is 0 Å². The van der Waals surface area contributed by atoms with Crippen molar-refractivity contribution in [1.29, 1.82) is 0 Å². The van der Waals surface area contributed by atoms with Gasteiger partial charge in [0.25, 0.3) is 0 Å². The molecule has 0 spiro atoms. The summed E-state index contributed by atoms with van der Waals surface area (Å²) in [6.45, 7) is -2.33. The maximum atomic E-state index is 13.0. The first-order valence-electron chi connectivity index (χ1n) is 20.3. The molecule has 0 aliphatic carbocycles. The summed E-state index contributed by atoms with van der Waals surface area (Å²) in [4.78, 5) is 91.4. The maximum absolute atomic E-state index is 13.0. The van der Waals surface area contributed by atoms with Crippen molar-refractivity contribution in [2.45, 2.75) is 61.9 Å². The Labute approximate surface area is 397 Å². The molecule has 35 heteroatoms. The van der Waals surface area contributed by atoms with Gasteiger partial charge >= 0.3 is 43.2 Å². The number of fused-ring (bicyclic) bond motifs is 2. The van der Waals surface area contributed by atoms with Gasteiger partial charge in [0.15, 0.2) is 47.6 Å². The lowest BCUT2D eigenvalue weighted by molar-refractivity contribution is -0.156. The van der Waals surface area contributed by atoms with E-state index in [-0.39, 0.29) is 46.8 Å². The summed E-state index contributed by atoms with van der Waals surface area (Å²) in [5, 5.41) is 22.7. The molecule has 0 amide bonds. The van der Waals surface area contributed by atoms with E-state index in [1.54, 1.807) is 60.7 Å². The van der Waals surface area contributed by atoms with Gasteiger partial charge in [0.05, 0.1) is 38.7 Å². The molecule has 6 aromatic rings. The van der Waals surface area contributed by atoms with Crippen molar-refractivity contribution >= 4 is 77.2 Å². The van der Waals surface area contributed by atoms with Crippen LogP contribution in [0.1, 0.15) is 23.6 Å². The SMILES string of the molecule is Nc1ncnc2c1ncn2[C@@H]1O[C@H](COP(=O)(O)OP(=O)(O)OP(=O)(O)OP(=O)(O)OC[C@H]2O[C@H](n3cnc4c(N)ncnc43)[C@@H](O)[C@H]2OC(=O)Cc2ccccc2)[C@@H](OC(=O)Cc2ccccc2)[C@H]1O. The van der Waals surface area contributed by atoms with Crippen molar-refractivity contribution in [3.05, 3.63) is 97.1 Å². The Hall–Kier alpha value is -5.52. The molecule has 2 aliphatic heterocycles. The predicted octanol–water partition coefficient (Wildman–Crippen LogP) is 1.14. The first-order valence-corrected chi connectivity index (χ1v) is 26.3. The lowest BCUT2D eigenvalue weighted by Crippen LogP contribution is -2.38. The molecular weight excluding hydrogens is 1030 g/mol. The van der Waals surface area contributed by atoms with Gasteiger partial charge in [-0.1, -0.05) is 60.7 Å². The van der Waals surface area contributed by atoms with Crippen molar-refractivity contribution in [2.75, 3.05) is 24.7 Å². The first-order chi connectivity index (χ1) is 33.6. The Morgan fingerprint density at radius 3 is 1.31 bits per heavy atom. The van der Waals surface area contributed by atoms with Crippen LogP contribution in [0, 0.1) is 0 Å². The number of aromatic nitrogens is 8. The van der Waals surface area contributed by atoms with Gasteiger partial charge in [-0.2, -0.15) is 12.9 Å². The van der Waals surface area contributed by atoms with Gasteiger partial charge in [-0.15, -0.1) is 0 Å². The number of carbonyl (C=O) groups excluding carboxylic acids is 2. The van der Waals surface area contributed by atoms with Gasteiger partial charge < -0.3 is 60.2 Å². The van der Waals surface area contributed by atoms with Crippen LogP contribution in [-0.4, -0.2) is 131 Å². The molecular formula is C36H40N10O21P4. The van der Waals surface area contributed by atoms with E-state index in [1.807, 2.05) is 0 Å². The number of benzene rings is 2. The minimum absolute atomic E-state index is 0.0437. The smallest absolute Gasteiger partial charge is 0.456 e. The molecule has 2 aromatic carbocycles. The van der Waals surface area contributed by atoms with Gasteiger partial charge in [0, 0.05) is 0 Å². The molecule has 2 fully saturated rings. The van der Waals surface area contributed by atoms with Crippen LogP contribution >= 0.6 is 31.3 Å². The lowest BCUT2D eigenvalue weighted by atomic mass is 10.1. The highest BCUT2D eigenvalue weighted by Gasteiger charge is 2.52. The molecule has 380 valence electrons. The number of nitrogens with two attached hydrogens (primary N) is 2. The number of aliphatic hydroxyl groups is 2. The molecule has 12 atom stereocenters. The summed E-state index contributed by atoms with van der Waals surface area (Å²) in [6, 6.07) is 16.5. The fourth-order valence-corrected chi connectivity index (χ4v) is 12.2. The van der Waals surface area contributed by atoms with E-state index >= 15 is 0 Å². The predicted molar refractivity (Wildman–Crippen MR) is 234 cm³/mol. The van der Waals surface area contributed by atoms with E-state index in [1.165, 1.54) is 9.13 Å². The number of carbonyl (C=O) groups is 2. The Morgan fingerprint density at radius 1 is 0.563 bits per heavy atom. The van der Waals surface area contributed by atoms with Crippen molar-refractivity contribution in [3.8, 4) is 0 Å². The number of rotatable bonds is 20. The van der Waals surface area contributed by atoms with Crippen LogP contribution in [0.5, 0.6) is 0 Å². The number of hydrogen-bond donors (Lipinski definition) is 8. The Morgan fingerprint density at radius 2 is 0.930 bits per heavy atom. The van der Waals surface area contributed by atoms with Crippen LogP contribution in [0.4, 0.5) is 11.6 Å². The summed E-state index contributed by atoms with van der Waals surface area (Å²) >= 11 is 0. The second kappa shape index (κ2) is 20.9. The van der Waals surface area contributed by atoms with Gasteiger partial charge in [0.2, 0.25) is 0 Å². The molecule has 71 heavy (non-hydrogen) atoms. The Kier molecular flexibility index (Phi) is 15.3. The summed E-state index contributed by atoms with van der Waals surface area (Å²) in [5.74, 6) is -1.89. The average molecular weight is 1070 g/mol. The van der Waals surface area contributed by atoms with Crippen molar-refractivity contribution in [2.24, 2.45) is 0 Å². The zero-order chi connectivity index (χ0) is 50.9. The van der Waals surface area contributed by atoms with E-state index in [0.717, 1.165) is 25.3 Å². The highest BCUT2D eigenvalue weighted by molar-refractivity contribution is 7.69. The standard InChI is InChI=1S/C36H40N10O21P4/c37-31-25-33(41-15-39-31)45(17-43-25)35-27(49)29(63-23(47)11-19-7-3-1-4-8-19)21(61-35)13-59-68(51,52)65-70(55,56)67-71(57,58)66-69(53,54)60-14-22-30(64-24(48)12-20-9-5-2-6-10-20)28(50)36(62-22)46-18-44-26-32(38)40-16-42-34(26)46/h1-10,15-18,21-22,27-30,35-36,49-50H,11-14H2,(H,51,52)(H,53,54)(H,55,56)(H,57,58)(H2,37,39,41)(H2,38,40,42)/t21-,22-,27-,28+,29-,30+,35-,36+/m1/s1. The molecule has 0 saturated carbocycles. The number of imidazole rings is 2. The zero-order valence-corrected chi connectivity index (χ0v) is 39.4. The number of anilines is 2. The van der Waals surface area contributed by atoms with E-state index in [0.29, 0.717) is 11.1 Å².